The molecule has 3 rings (SSSR count). The average Bonchev–Trinajstić information content (AvgIpc) is 2.91. The lowest BCUT2D eigenvalue weighted by molar-refractivity contribution is -0.136. The van der Waals surface area contributed by atoms with Gasteiger partial charge in [-0.2, -0.15) is 0 Å². The van der Waals surface area contributed by atoms with E-state index in [1.165, 1.54) is 17.4 Å². The van der Waals surface area contributed by atoms with Crippen LogP contribution in [0.2, 0.25) is 0 Å². The molecule has 0 aliphatic rings. The number of thiazole rings is 1. The van der Waals surface area contributed by atoms with Crippen LogP contribution in [0, 0.1) is 5.82 Å². The lowest BCUT2D eigenvalue weighted by Gasteiger charge is -1.99. The number of carboxylic acid groups (broad SMARTS) is 1. The van der Waals surface area contributed by atoms with Crippen molar-refractivity contribution in [1.82, 2.24) is 9.38 Å². The van der Waals surface area contributed by atoms with E-state index < -0.39 is 5.97 Å². The number of benzene rings is 1. The molecule has 0 amide bonds. The minimum atomic E-state index is -0.908. The highest BCUT2D eigenvalue weighted by atomic mass is 79.9. The van der Waals surface area contributed by atoms with Crippen molar-refractivity contribution in [3.63, 3.8) is 0 Å². The fourth-order valence-electron chi connectivity index (χ4n) is 1.94. The number of imidazole rings is 1. The van der Waals surface area contributed by atoms with Crippen LogP contribution in [0.3, 0.4) is 0 Å². The summed E-state index contributed by atoms with van der Waals surface area (Å²) in [6.07, 6.45) is 1.58. The number of aromatic nitrogens is 2. The molecule has 0 fully saturated rings. The van der Waals surface area contributed by atoms with Crippen molar-refractivity contribution in [3.8, 4) is 11.3 Å². The molecule has 4 nitrogen and oxygen atoms in total. The first-order valence-corrected chi connectivity index (χ1v) is 7.34. The summed E-state index contributed by atoms with van der Waals surface area (Å²) in [6.45, 7) is 0. The second kappa shape index (κ2) is 4.99. The molecule has 0 radical (unpaired) electrons. The van der Waals surface area contributed by atoms with Crippen LogP contribution in [0.1, 0.15) is 5.69 Å². The monoisotopic (exact) mass is 354 g/mol. The standard InChI is InChI=1S/C13H8BrFN2O2S/c14-7-1-2-9(10(15)3-7)11-5-17-8(4-12(18)19)6-20-13(17)16-11/h1-3,5-6H,4H2,(H,18,19). The number of carboxylic acids is 1. The highest BCUT2D eigenvalue weighted by Crippen LogP contribution is 2.27. The van der Waals surface area contributed by atoms with E-state index in [2.05, 4.69) is 20.9 Å². The van der Waals surface area contributed by atoms with Crippen LogP contribution in [-0.4, -0.2) is 20.5 Å². The number of aliphatic carboxylic acids is 1. The first kappa shape index (κ1) is 13.3. The Labute approximate surface area is 125 Å². The first-order valence-electron chi connectivity index (χ1n) is 5.67. The summed E-state index contributed by atoms with van der Waals surface area (Å²) in [6, 6.07) is 4.76. The van der Waals surface area contributed by atoms with Gasteiger partial charge in [0.15, 0.2) is 4.96 Å². The minimum Gasteiger partial charge on any atom is -0.481 e. The highest BCUT2D eigenvalue weighted by molar-refractivity contribution is 9.10. The second-order valence-corrected chi connectivity index (χ2v) is 5.95. The van der Waals surface area contributed by atoms with Crippen LogP contribution in [0.5, 0.6) is 0 Å². The molecule has 20 heavy (non-hydrogen) atoms. The smallest absolute Gasteiger partial charge is 0.309 e. The summed E-state index contributed by atoms with van der Waals surface area (Å²) in [4.78, 5) is 15.8. The van der Waals surface area contributed by atoms with Gasteiger partial charge in [-0.25, -0.2) is 9.37 Å². The number of fused-ring (bicyclic) bond motifs is 1. The predicted octanol–water partition coefficient (Wildman–Crippen LogP) is 3.59. The van der Waals surface area contributed by atoms with Crippen molar-refractivity contribution < 1.29 is 14.3 Å². The zero-order chi connectivity index (χ0) is 14.3. The highest BCUT2D eigenvalue weighted by Gasteiger charge is 2.14. The van der Waals surface area contributed by atoms with Crippen LogP contribution in [0.25, 0.3) is 16.2 Å². The van der Waals surface area contributed by atoms with Crippen LogP contribution >= 0.6 is 27.3 Å². The van der Waals surface area contributed by atoms with E-state index in [4.69, 9.17) is 5.11 Å². The molecule has 0 bridgehead atoms. The Balaban J connectivity index is 2.09. The number of halogens is 2. The summed E-state index contributed by atoms with van der Waals surface area (Å²) in [5.74, 6) is -1.28. The van der Waals surface area contributed by atoms with E-state index in [9.17, 15) is 9.18 Å². The maximum atomic E-state index is 13.9. The lowest BCUT2D eigenvalue weighted by Crippen LogP contribution is -2.02. The SMILES string of the molecule is O=C(O)Cc1csc2nc(-c3ccc(Br)cc3F)cn12. The van der Waals surface area contributed by atoms with Crippen molar-refractivity contribution in [1.29, 1.82) is 0 Å². The third-order valence-electron chi connectivity index (χ3n) is 2.82. The van der Waals surface area contributed by atoms with Crippen LogP contribution in [0.15, 0.2) is 34.2 Å². The molecule has 2 heterocycles. The lowest BCUT2D eigenvalue weighted by atomic mass is 10.1. The first-order chi connectivity index (χ1) is 9.54. The summed E-state index contributed by atoms with van der Waals surface area (Å²) in [5, 5.41) is 10.6. The summed E-state index contributed by atoms with van der Waals surface area (Å²) < 4.78 is 16.3. The van der Waals surface area contributed by atoms with Crippen molar-refractivity contribution in [3.05, 3.63) is 45.8 Å². The van der Waals surface area contributed by atoms with Gasteiger partial charge in [-0.1, -0.05) is 15.9 Å². The van der Waals surface area contributed by atoms with Gasteiger partial charge < -0.3 is 5.11 Å². The molecule has 3 aromatic rings. The molecule has 7 heteroatoms. The van der Waals surface area contributed by atoms with Crippen molar-refractivity contribution >= 4 is 38.2 Å². The van der Waals surface area contributed by atoms with Gasteiger partial charge in [-0.3, -0.25) is 9.20 Å². The number of carbonyl (C=O) groups is 1. The Kier molecular flexibility index (Phi) is 3.31. The molecule has 0 atom stereocenters. The molecular formula is C13H8BrFN2O2S. The molecule has 0 saturated carbocycles. The molecule has 0 aliphatic heterocycles. The summed E-state index contributed by atoms with van der Waals surface area (Å²) in [7, 11) is 0. The molecule has 0 spiro atoms. The van der Waals surface area contributed by atoms with Gasteiger partial charge in [-0.15, -0.1) is 11.3 Å². The fourth-order valence-corrected chi connectivity index (χ4v) is 3.14. The molecule has 0 unspecified atom stereocenters. The second-order valence-electron chi connectivity index (χ2n) is 4.20. The van der Waals surface area contributed by atoms with Crippen molar-refractivity contribution in [2.45, 2.75) is 6.42 Å². The maximum Gasteiger partial charge on any atom is 0.309 e. The third kappa shape index (κ3) is 2.34. The Morgan fingerprint density at radius 2 is 2.30 bits per heavy atom. The minimum absolute atomic E-state index is 0.0847. The van der Waals surface area contributed by atoms with Gasteiger partial charge in [0.25, 0.3) is 0 Å². The largest absolute Gasteiger partial charge is 0.481 e. The van der Waals surface area contributed by atoms with Gasteiger partial charge in [0.05, 0.1) is 12.1 Å². The van der Waals surface area contributed by atoms with Crippen molar-refractivity contribution in [2.75, 3.05) is 0 Å². The Morgan fingerprint density at radius 3 is 3.00 bits per heavy atom. The number of rotatable bonds is 3. The number of hydrogen-bond donors (Lipinski definition) is 1. The fraction of sp³-hybridized carbons (Fsp3) is 0.0769. The molecular weight excluding hydrogens is 347 g/mol. The Bertz CT molecular complexity index is 812. The molecule has 0 saturated heterocycles. The van der Waals surface area contributed by atoms with Crippen LogP contribution < -0.4 is 0 Å². The molecule has 102 valence electrons. The Morgan fingerprint density at radius 1 is 1.50 bits per heavy atom. The van der Waals surface area contributed by atoms with Gasteiger partial charge in [0, 0.05) is 27.3 Å². The summed E-state index contributed by atoms with van der Waals surface area (Å²) in [5.41, 5.74) is 1.52. The van der Waals surface area contributed by atoms with E-state index in [-0.39, 0.29) is 12.2 Å². The van der Waals surface area contributed by atoms with E-state index >= 15 is 0 Å². The topological polar surface area (TPSA) is 54.6 Å². The van der Waals surface area contributed by atoms with Gasteiger partial charge in [0.2, 0.25) is 0 Å². The van der Waals surface area contributed by atoms with Gasteiger partial charge >= 0.3 is 5.97 Å². The quantitative estimate of drug-likeness (QED) is 0.781. The molecule has 2 aromatic heterocycles. The van der Waals surface area contributed by atoms with E-state index in [0.717, 1.165) is 0 Å². The van der Waals surface area contributed by atoms with E-state index in [1.54, 1.807) is 28.1 Å². The van der Waals surface area contributed by atoms with Gasteiger partial charge in [0.1, 0.15) is 5.82 Å². The zero-order valence-corrected chi connectivity index (χ0v) is 12.4. The van der Waals surface area contributed by atoms with E-state index in [1.807, 2.05) is 0 Å². The van der Waals surface area contributed by atoms with E-state index in [0.29, 0.717) is 26.4 Å². The van der Waals surface area contributed by atoms with Crippen LogP contribution in [-0.2, 0) is 11.2 Å². The molecule has 1 aromatic carbocycles. The normalized spacial score (nSPS) is 11.1. The third-order valence-corrected chi connectivity index (χ3v) is 4.20. The van der Waals surface area contributed by atoms with Crippen LogP contribution in [0.4, 0.5) is 4.39 Å². The summed E-state index contributed by atoms with van der Waals surface area (Å²) >= 11 is 4.54. The number of hydrogen-bond acceptors (Lipinski definition) is 3. The zero-order valence-electron chi connectivity index (χ0n) is 10.0. The molecule has 0 aliphatic carbocycles. The van der Waals surface area contributed by atoms with Gasteiger partial charge in [-0.05, 0) is 18.2 Å². The van der Waals surface area contributed by atoms with Crippen molar-refractivity contribution in [2.24, 2.45) is 0 Å². The Hall–Kier alpha value is -1.73. The average molecular weight is 355 g/mol. The molecule has 1 N–H and O–H groups in total. The maximum absolute atomic E-state index is 13.9. The number of nitrogens with zero attached hydrogens (tertiary/aromatic N) is 2. The predicted molar refractivity (Wildman–Crippen MR) is 77.5 cm³/mol.